The third-order valence-corrected chi connectivity index (χ3v) is 6.62. The maximum absolute atomic E-state index is 14.7. The summed E-state index contributed by atoms with van der Waals surface area (Å²) in [6.45, 7) is 2.43. The number of nitrogens with one attached hydrogen (secondary N) is 1. The molecule has 8 nitrogen and oxygen atoms in total. The Bertz CT molecular complexity index is 1520. The van der Waals surface area contributed by atoms with Crippen molar-refractivity contribution in [2.24, 2.45) is 0 Å². The van der Waals surface area contributed by atoms with Crippen LogP contribution in [0.3, 0.4) is 0 Å². The summed E-state index contributed by atoms with van der Waals surface area (Å²) in [5, 5.41) is 14.3. The third kappa shape index (κ3) is 4.64. The molecule has 5 rings (SSSR count). The van der Waals surface area contributed by atoms with Crippen LogP contribution in [0, 0.1) is 5.82 Å². The van der Waals surface area contributed by atoms with Crippen molar-refractivity contribution in [1.82, 2.24) is 34.7 Å². The SMILES string of the molecule is CCCCc1cn(-c2c(F)cccc2Br)c(=O)n1Cc1ccc(-c2ccccc2-c2nn[nH]n2)nc1. The maximum Gasteiger partial charge on any atom is 0.333 e. The fourth-order valence-corrected chi connectivity index (χ4v) is 4.70. The minimum absolute atomic E-state index is 0.213. The van der Waals surface area contributed by atoms with Crippen molar-refractivity contribution in [2.45, 2.75) is 32.7 Å². The number of H-pyrrole nitrogens is 1. The van der Waals surface area contributed by atoms with E-state index in [-0.39, 0.29) is 11.4 Å². The molecular weight excluding hydrogens is 525 g/mol. The van der Waals surface area contributed by atoms with Gasteiger partial charge in [0, 0.05) is 33.7 Å². The summed E-state index contributed by atoms with van der Waals surface area (Å²) in [6.07, 6.45) is 6.12. The van der Waals surface area contributed by atoms with Crippen LogP contribution in [0.4, 0.5) is 4.39 Å². The lowest BCUT2D eigenvalue weighted by molar-refractivity contribution is 0.611. The molecule has 36 heavy (non-hydrogen) atoms. The molecule has 0 fully saturated rings. The number of pyridine rings is 1. The normalized spacial score (nSPS) is 11.2. The third-order valence-electron chi connectivity index (χ3n) is 5.98. The summed E-state index contributed by atoms with van der Waals surface area (Å²) in [5.74, 6) is 0.0289. The molecule has 3 heterocycles. The van der Waals surface area contributed by atoms with Gasteiger partial charge in [-0.3, -0.25) is 14.1 Å². The summed E-state index contributed by atoms with van der Waals surface area (Å²) in [4.78, 5) is 18.1. The van der Waals surface area contributed by atoms with E-state index in [1.807, 2.05) is 36.4 Å². The Labute approximate surface area is 215 Å². The van der Waals surface area contributed by atoms with E-state index in [1.54, 1.807) is 29.1 Å². The quantitative estimate of drug-likeness (QED) is 0.289. The minimum Gasteiger partial charge on any atom is -0.292 e. The molecule has 0 unspecified atom stereocenters. The Hall–Kier alpha value is -3.92. The van der Waals surface area contributed by atoms with Gasteiger partial charge in [0.15, 0.2) is 0 Å². The number of para-hydroxylation sites is 1. The number of halogens is 2. The molecule has 1 N–H and O–H groups in total. The summed E-state index contributed by atoms with van der Waals surface area (Å²) < 4.78 is 18.3. The van der Waals surface area contributed by atoms with Crippen LogP contribution >= 0.6 is 15.9 Å². The molecule has 0 aliphatic rings. The Kier molecular flexibility index (Phi) is 6.86. The van der Waals surface area contributed by atoms with E-state index in [0.717, 1.165) is 40.9 Å². The first-order valence-corrected chi connectivity index (χ1v) is 12.4. The summed E-state index contributed by atoms with van der Waals surface area (Å²) in [5.41, 5.74) is 4.08. The number of imidazole rings is 1. The van der Waals surface area contributed by atoms with E-state index >= 15 is 0 Å². The lowest BCUT2D eigenvalue weighted by Gasteiger charge is -2.09. The van der Waals surface area contributed by atoms with Gasteiger partial charge in [-0.1, -0.05) is 49.7 Å². The van der Waals surface area contributed by atoms with Crippen molar-refractivity contribution >= 4 is 15.9 Å². The fourth-order valence-electron chi connectivity index (χ4n) is 4.17. The van der Waals surface area contributed by atoms with Crippen LogP contribution < -0.4 is 5.69 Å². The van der Waals surface area contributed by atoms with Gasteiger partial charge in [0.1, 0.15) is 11.5 Å². The fraction of sp³-hybridized carbons (Fsp3) is 0.192. The zero-order chi connectivity index (χ0) is 25.1. The lowest BCUT2D eigenvalue weighted by Crippen LogP contribution is -2.25. The van der Waals surface area contributed by atoms with Crippen molar-refractivity contribution in [3.05, 3.63) is 99.0 Å². The molecule has 0 amide bonds. The molecule has 0 saturated heterocycles. The predicted octanol–water partition coefficient (Wildman–Crippen LogP) is 5.17. The van der Waals surface area contributed by atoms with E-state index in [4.69, 9.17) is 0 Å². The molecule has 0 spiro atoms. The first kappa shape index (κ1) is 23.8. The highest BCUT2D eigenvalue weighted by Gasteiger charge is 2.18. The molecule has 0 aliphatic heterocycles. The van der Waals surface area contributed by atoms with Gasteiger partial charge in [-0.15, -0.1) is 10.2 Å². The van der Waals surface area contributed by atoms with Gasteiger partial charge in [0.05, 0.1) is 12.2 Å². The Morgan fingerprint density at radius 1 is 1.06 bits per heavy atom. The van der Waals surface area contributed by atoms with Crippen LogP contribution in [-0.4, -0.2) is 34.7 Å². The number of aromatic amines is 1. The topological polar surface area (TPSA) is 94.3 Å². The van der Waals surface area contributed by atoms with Crippen molar-refractivity contribution in [2.75, 3.05) is 0 Å². The molecule has 5 aromatic rings. The first-order chi connectivity index (χ1) is 17.6. The van der Waals surface area contributed by atoms with Crippen LogP contribution in [0.25, 0.3) is 28.3 Å². The van der Waals surface area contributed by atoms with Crippen molar-refractivity contribution in [3.8, 4) is 28.3 Å². The van der Waals surface area contributed by atoms with Gasteiger partial charge in [-0.2, -0.15) is 5.21 Å². The molecule has 182 valence electrons. The largest absolute Gasteiger partial charge is 0.333 e. The molecule has 10 heteroatoms. The number of aromatic nitrogens is 7. The lowest BCUT2D eigenvalue weighted by atomic mass is 10.0. The molecule has 0 atom stereocenters. The smallest absolute Gasteiger partial charge is 0.292 e. The monoisotopic (exact) mass is 547 g/mol. The number of unbranched alkanes of at least 4 members (excludes halogenated alkanes) is 1. The molecule has 2 aromatic carbocycles. The Balaban J connectivity index is 1.49. The first-order valence-electron chi connectivity index (χ1n) is 11.6. The number of aryl methyl sites for hydroxylation is 1. The summed E-state index contributed by atoms with van der Waals surface area (Å²) in [6, 6.07) is 16.2. The van der Waals surface area contributed by atoms with Crippen LogP contribution in [0.15, 0.2) is 76.3 Å². The minimum atomic E-state index is -0.461. The summed E-state index contributed by atoms with van der Waals surface area (Å²) >= 11 is 3.39. The van der Waals surface area contributed by atoms with Crippen LogP contribution in [0.2, 0.25) is 0 Å². The van der Waals surface area contributed by atoms with Crippen molar-refractivity contribution < 1.29 is 4.39 Å². The van der Waals surface area contributed by atoms with E-state index in [9.17, 15) is 9.18 Å². The number of tetrazole rings is 1. The predicted molar refractivity (Wildman–Crippen MR) is 138 cm³/mol. The van der Waals surface area contributed by atoms with Crippen LogP contribution in [0.5, 0.6) is 0 Å². The average Bonchev–Trinajstić information content (AvgIpc) is 3.53. The Morgan fingerprint density at radius 3 is 2.58 bits per heavy atom. The number of benzene rings is 2. The molecule has 0 radical (unpaired) electrons. The molecule has 0 saturated carbocycles. The highest BCUT2D eigenvalue weighted by atomic mass is 79.9. The van der Waals surface area contributed by atoms with E-state index in [0.29, 0.717) is 23.3 Å². The van der Waals surface area contributed by atoms with E-state index < -0.39 is 5.82 Å². The van der Waals surface area contributed by atoms with E-state index in [1.165, 1.54) is 10.6 Å². The van der Waals surface area contributed by atoms with Gasteiger partial charge in [0.25, 0.3) is 0 Å². The van der Waals surface area contributed by atoms with Gasteiger partial charge in [-0.25, -0.2) is 9.18 Å². The maximum atomic E-state index is 14.7. The van der Waals surface area contributed by atoms with Gasteiger partial charge >= 0.3 is 5.69 Å². The highest BCUT2D eigenvalue weighted by Crippen LogP contribution is 2.28. The molecule has 0 bridgehead atoms. The van der Waals surface area contributed by atoms with Crippen LogP contribution in [0.1, 0.15) is 31.0 Å². The molecular formula is C26H23BrFN7O. The summed E-state index contributed by atoms with van der Waals surface area (Å²) in [7, 11) is 0. The number of nitrogens with zero attached hydrogens (tertiary/aromatic N) is 6. The standard InChI is InChI=1S/C26H23BrFN7O/c1-2-3-7-18-16-35(24-21(27)10-6-11-22(24)28)26(36)34(18)15-17-12-13-23(29-14-17)19-8-4-5-9-20(19)25-30-32-33-31-25/h4-6,8-14,16H,2-3,7,15H2,1H3,(H,30,31,32,33). The second kappa shape index (κ2) is 10.4. The second-order valence-corrected chi connectivity index (χ2v) is 9.22. The zero-order valence-electron chi connectivity index (χ0n) is 19.5. The van der Waals surface area contributed by atoms with Crippen molar-refractivity contribution in [1.29, 1.82) is 0 Å². The van der Waals surface area contributed by atoms with Gasteiger partial charge in [0.2, 0.25) is 5.82 Å². The zero-order valence-corrected chi connectivity index (χ0v) is 21.1. The molecule has 0 aliphatic carbocycles. The van der Waals surface area contributed by atoms with E-state index in [2.05, 4.69) is 48.5 Å². The average molecular weight is 548 g/mol. The van der Waals surface area contributed by atoms with Gasteiger partial charge < -0.3 is 0 Å². The number of hydrogen-bond acceptors (Lipinski definition) is 5. The highest BCUT2D eigenvalue weighted by molar-refractivity contribution is 9.10. The second-order valence-electron chi connectivity index (χ2n) is 8.37. The van der Waals surface area contributed by atoms with Crippen LogP contribution in [-0.2, 0) is 13.0 Å². The number of hydrogen-bond donors (Lipinski definition) is 1. The number of rotatable bonds is 8. The van der Waals surface area contributed by atoms with Crippen molar-refractivity contribution in [3.63, 3.8) is 0 Å². The molecule has 3 aromatic heterocycles. The van der Waals surface area contributed by atoms with Gasteiger partial charge in [-0.05, 0) is 57.7 Å². The Morgan fingerprint density at radius 2 is 1.89 bits per heavy atom.